The van der Waals surface area contributed by atoms with Crippen molar-refractivity contribution >= 4 is 12.4 Å². The van der Waals surface area contributed by atoms with Gasteiger partial charge in [-0.3, -0.25) is 0 Å². The number of aryl methyl sites for hydroxylation is 1. The van der Waals surface area contributed by atoms with E-state index in [1.165, 1.54) is 12.0 Å². The fourth-order valence-corrected chi connectivity index (χ4v) is 2.07. The first-order chi connectivity index (χ1) is 6.77. The minimum Gasteiger partial charge on any atom is -0.387 e. The van der Waals surface area contributed by atoms with E-state index in [1.54, 1.807) is 0 Å². The Morgan fingerprint density at radius 1 is 1.47 bits per heavy atom. The second-order valence-corrected chi connectivity index (χ2v) is 4.06. The highest BCUT2D eigenvalue weighted by Crippen LogP contribution is 2.23. The molecule has 0 radical (unpaired) electrons. The van der Waals surface area contributed by atoms with Crippen molar-refractivity contribution in [1.82, 2.24) is 5.32 Å². The summed E-state index contributed by atoms with van der Waals surface area (Å²) in [6.45, 7) is 3.09. The zero-order valence-electron chi connectivity index (χ0n) is 8.94. The van der Waals surface area contributed by atoms with E-state index in [0.717, 1.165) is 18.5 Å². The average molecular weight is 228 g/mol. The van der Waals surface area contributed by atoms with Gasteiger partial charge >= 0.3 is 0 Å². The van der Waals surface area contributed by atoms with E-state index in [4.69, 9.17) is 0 Å². The van der Waals surface area contributed by atoms with Crippen LogP contribution in [0.3, 0.4) is 0 Å². The van der Waals surface area contributed by atoms with Gasteiger partial charge in [-0.2, -0.15) is 0 Å². The van der Waals surface area contributed by atoms with Crippen LogP contribution in [0.2, 0.25) is 0 Å². The van der Waals surface area contributed by atoms with Crippen molar-refractivity contribution < 1.29 is 5.11 Å². The highest BCUT2D eigenvalue weighted by molar-refractivity contribution is 5.85. The van der Waals surface area contributed by atoms with Crippen LogP contribution in [0, 0.1) is 6.92 Å². The predicted octanol–water partition coefficient (Wildman–Crippen LogP) is 2.20. The second-order valence-electron chi connectivity index (χ2n) is 4.06. The minimum absolute atomic E-state index is 0. The highest BCUT2D eigenvalue weighted by atomic mass is 35.5. The van der Waals surface area contributed by atoms with E-state index in [0.29, 0.717) is 0 Å². The van der Waals surface area contributed by atoms with Gasteiger partial charge in [-0.1, -0.05) is 29.8 Å². The second kappa shape index (κ2) is 5.50. The third kappa shape index (κ3) is 2.94. The van der Waals surface area contributed by atoms with Crippen molar-refractivity contribution in [3.05, 3.63) is 35.4 Å². The molecule has 0 amide bonds. The van der Waals surface area contributed by atoms with Gasteiger partial charge in [0.05, 0.1) is 6.10 Å². The largest absolute Gasteiger partial charge is 0.387 e. The minimum atomic E-state index is -0.350. The van der Waals surface area contributed by atoms with E-state index in [9.17, 15) is 5.11 Å². The fourth-order valence-electron chi connectivity index (χ4n) is 2.07. The molecule has 1 heterocycles. The number of halogens is 1. The summed E-state index contributed by atoms with van der Waals surface area (Å²) in [7, 11) is 0. The standard InChI is InChI=1S/C12H17NO.ClH/c1-9-4-2-5-10(8-9)12(14)11-6-3-7-13-11;/h2,4-5,8,11-14H,3,6-7H2,1H3;1H/t11-,12?;/m1./s1. The number of hydrogen-bond acceptors (Lipinski definition) is 2. The lowest BCUT2D eigenvalue weighted by atomic mass is 10.00. The number of rotatable bonds is 2. The van der Waals surface area contributed by atoms with Gasteiger partial charge < -0.3 is 10.4 Å². The Labute approximate surface area is 97.1 Å². The molecule has 1 saturated heterocycles. The third-order valence-electron chi connectivity index (χ3n) is 2.86. The summed E-state index contributed by atoms with van der Waals surface area (Å²) in [6, 6.07) is 8.36. The maximum Gasteiger partial charge on any atom is 0.0943 e. The molecule has 2 nitrogen and oxygen atoms in total. The van der Waals surface area contributed by atoms with Gasteiger partial charge in [-0.15, -0.1) is 12.4 Å². The van der Waals surface area contributed by atoms with Crippen LogP contribution in [0.4, 0.5) is 0 Å². The van der Waals surface area contributed by atoms with Gasteiger partial charge in [0.2, 0.25) is 0 Å². The summed E-state index contributed by atoms with van der Waals surface area (Å²) in [6.07, 6.45) is 1.90. The zero-order valence-corrected chi connectivity index (χ0v) is 9.76. The first-order valence-corrected chi connectivity index (χ1v) is 5.25. The third-order valence-corrected chi connectivity index (χ3v) is 2.86. The molecule has 0 aromatic heterocycles. The molecule has 1 unspecified atom stereocenters. The van der Waals surface area contributed by atoms with Crippen LogP contribution in [-0.2, 0) is 0 Å². The Bertz CT molecular complexity index is 310. The molecule has 84 valence electrons. The van der Waals surface area contributed by atoms with Crippen molar-refractivity contribution in [3.63, 3.8) is 0 Å². The van der Waals surface area contributed by atoms with Crippen LogP contribution in [0.15, 0.2) is 24.3 Å². The SMILES string of the molecule is Cc1cccc(C(O)[C@H]2CCCN2)c1.Cl. The van der Waals surface area contributed by atoms with Gasteiger partial charge in [-0.05, 0) is 31.9 Å². The van der Waals surface area contributed by atoms with Crippen molar-refractivity contribution in [3.8, 4) is 0 Å². The number of benzene rings is 1. The first-order valence-electron chi connectivity index (χ1n) is 5.25. The topological polar surface area (TPSA) is 32.3 Å². The molecule has 3 heteroatoms. The number of hydrogen-bond donors (Lipinski definition) is 2. The van der Waals surface area contributed by atoms with Crippen LogP contribution in [-0.4, -0.2) is 17.7 Å². The van der Waals surface area contributed by atoms with Crippen LogP contribution in [0.1, 0.15) is 30.1 Å². The molecule has 1 aliphatic heterocycles. The molecule has 1 aromatic rings. The molecule has 2 rings (SSSR count). The van der Waals surface area contributed by atoms with Gasteiger partial charge in [0.25, 0.3) is 0 Å². The Morgan fingerprint density at radius 2 is 2.27 bits per heavy atom. The highest BCUT2D eigenvalue weighted by Gasteiger charge is 2.23. The summed E-state index contributed by atoms with van der Waals surface area (Å²) < 4.78 is 0. The molecule has 1 fully saturated rings. The van der Waals surface area contributed by atoms with Gasteiger partial charge in [-0.25, -0.2) is 0 Å². The quantitative estimate of drug-likeness (QED) is 0.812. The maximum atomic E-state index is 10.1. The predicted molar refractivity (Wildman–Crippen MR) is 64.4 cm³/mol. The first kappa shape index (κ1) is 12.5. The van der Waals surface area contributed by atoms with E-state index in [-0.39, 0.29) is 24.6 Å². The molecule has 2 atom stereocenters. The lowest BCUT2D eigenvalue weighted by Crippen LogP contribution is -2.28. The molecule has 0 spiro atoms. The normalized spacial score (nSPS) is 22.1. The van der Waals surface area contributed by atoms with Crippen LogP contribution >= 0.6 is 12.4 Å². The average Bonchev–Trinajstić information content (AvgIpc) is 2.69. The summed E-state index contributed by atoms with van der Waals surface area (Å²) in [5.41, 5.74) is 2.24. The Hall–Kier alpha value is -0.570. The van der Waals surface area contributed by atoms with Crippen LogP contribution < -0.4 is 5.32 Å². The van der Waals surface area contributed by atoms with Gasteiger partial charge in [0.1, 0.15) is 0 Å². The number of aliphatic hydroxyl groups excluding tert-OH is 1. The van der Waals surface area contributed by atoms with E-state index >= 15 is 0 Å². The molecule has 0 saturated carbocycles. The fraction of sp³-hybridized carbons (Fsp3) is 0.500. The van der Waals surface area contributed by atoms with Crippen molar-refractivity contribution in [2.45, 2.75) is 31.9 Å². The molecular formula is C12H18ClNO. The monoisotopic (exact) mass is 227 g/mol. The zero-order chi connectivity index (χ0) is 9.97. The number of aliphatic hydroxyl groups is 1. The van der Waals surface area contributed by atoms with E-state index in [2.05, 4.69) is 24.4 Å². The summed E-state index contributed by atoms with van der Waals surface area (Å²) in [4.78, 5) is 0. The Morgan fingerprint density at radius 3 is 2.87 bits per heavy atom. The summed E-state index contributed by atoms with van der Waals surface area (Å²) >= 11 is 0. The van der Waals surface area contributed by atoms with Crippen molar-refractivity contribution in [2.75, 3.05) is 6.54 Å². The van der Waals surface area contributed by atoms with E-state index in [1.807, 2.05) is 12.1 Å². The van der Waals surface area contributed by atoms with Crippen molar-refractivity contribution in [1.29, 1.82) is 0 Å². The van der Waals surface area contributed by atoms with Crippen LogP contribution in [0.5, 0.6) is 0 Å². The molecular weight excluding hydrogens is 210 g/mol. The Balaban J connectivity index is 0.00000112. The molecule has 0 bridgehead atoms. The molecule has 15 heavy (non-hydrogen) atoms. The summed E-state index contributed by atoms with van der Waals surface area (Å²) in [5, 5.41) is 13.4. The molecule has 1 aliphatic rings. The van der Waals surface area contributed by atoms with Gasteiger partial charge in [0.15, 0.2) is 0 Å². The number of nitrogens with one attached hydrogen (secondary N) is 1. The van der Waals surface area contributed by atoms with Crippen LogP contribution in [0.25, 0.3) is 0 Å². The van der Waals surface area contributed by atoms with E-state index < -0.39 is 0 Å². The summed E-state index contributed by atoms with van der Waals surface area (Å²) in [5.74, 6) is 0. The molecule has 2 N–H and O–H groups in total. The lowest BCUT2D eigenvalue weighted by molar-refractivity contribution is 0.137. The smallest absolute Gasteiger partial charge is 0.0943 e. The van der Waals surface area contributed by atoms with Crippen molar-refractivity contribution in [2.24, 2.45) is 0 Å². The molecule has 0 aliphatic carbocycles. The maximum absolute atomic E-state index is 10.1. The molecule has 1 aromatic carbocycles. The van der Waals surface area contributed by atoms with Gasteiger partial charge in [0, 0.05) is 6.04 Å². The Kier molecular flexibility index (Phi) is 4.58. The lowest BCUT2D eigenvalue weighted by Gasteiger charge is -2.18.